The molecule has 2 rings (SSSR count). The Morgan fingerprint density at radius 2 is 1.86 bits per heavy atom. The first-order valence-corrected chi connectivity index (χ1v) is 7.07. The molecule has 0 fully saturated rings. The molecule has 0 saturated heterocycles. The van der Waals surface area contributed by atoms with Gasteiger partial charge in [0.1, 0.15) is 0 Å². The lowest BCUT2D eigenvalue weighted by molar-refractivity contribution is -0.384. The number of aryl methyl sites for hydroxylation is 1. The third kappa shape index (κ3) is 3.62. The average Bonchev–Trinajstić information content (AvgIpc) is 2.49. The quantitative estimate of drug-likeness (QED) is 0.674. The molecule has 0 spiro atoms. The largest absolute Gasteiger partial charge is 0.325 e. The van der Waals surface area contributed by atoms with Gasteiger partial charge in [-0.05, 0) is 43.2 Å². The van der Waals surface area contributed by atoms with Gasteiger partial charge in [0, 0.05) is 22.8 Å². The van der Waals surface area contributed by atoms with Crippen LogP contribution in [0.2, 0.25) is 5.02 Å². The number of nitrogens with zero attached hydrogens (tertiary/aromatic N) is 1. The highest BCUT2D eigenvalue weighted by atomic mass is 35.5. The lowest BCUT2D eigenvalue weighted by Gasteiger charge is -2.14. The number of hydrogen-bond acceptors (Lipinski definition) is 3. The third-order valence-electron chi connectivity index (χ3n) is 3.44. The zero-order chi connectivity index (χ0) is 16.3. The van der Waals surface area contributed by atoms with Crippen LogP contribution in [-0.2, 0) is 4.79 Å². The van der Waals surface area contributed by atoms with Gasteiger partial charge in [0.2, 0.25) is 5.91 Å². The summed E-state index contributed by atoms with van der Waals surface area (Å²) in [6.07, 6.45) is 0. The number of nitrogens with one attached hydrogen (secondary N) is 1. The smallest absolute Gasteiger partial charge is 0.269 e. The Bertz CT molecular complexity index is 714. The first kappa shape index (κ1) is 16.0. The number of carbonyl (C=O) groups is 1. The molecule has 0 aliphatic carbocycles. The van der Waals surface area contributed by atoms with Crippen molar-refractivity contribution in [3.8, 4) is 0 Å². The maximum atomic E-state index is 12.3. The fourth-order valence-electron chi connectivity index (χ4n) is 2.04. The Hall–Kier alpha value is -2.40. The van der Waals surface area contributed by atoms with Crippen LogP contribution in [0, 0.1) is 17.0 Å². The van der Waals surface area contributed by atoms with Crippen LogP contribution >= 0.6 is 11.6 Å². The Labute approximate surface area is 133 Å². The number of halogens is 1. The van der Waals surface area contributed by atoms with E-state index in [2.05, 4.69) is 5.32 Å². The molecule has 1 atom stereocenters. The monoisotopic (exact) mass is 318 g/mol. The number of rotatable bonds is 4. The van der Waals surface area contributed by atoms with Gasteiger partial charge in [-0.25, -0.2) is 0 Å². The second kappa shape index (κ2) is 6.58. The highest BCUT2D eigenvalue weighted by Crippen LogP contribution is 2.23. The summed E-state index contributed by atoms with van der Waals surface area (Å²) in [6.45, 7) is 3.61. The maximum Gasteiger partial charge on any atom is 0.269 e. The molecule has 0 saturated carbocycles. The molecule has 2 aromatic carbocycles. The average molecular weight is 319 g/mol. The van der Waals surface area contributed by atoms with Crippen LogP contribution in [-0.4, -0.2) is 10.8 Å². The van der Waals surface area contributed by atoms with Crippen LogP contribution in [0.25, 0.3) is 0 Å². The van der Waals surface area contributed by atoms with E-state index in [1.54, 1.807) is 37.3 Å². The number of nitro benzene ring substituents is 1. The van der Waals surface area contributed by atoms with E-state index in [4.69, 9.17) is 11.6 Å². The second-order valence-electron chi connectivity index (χ2n) is 5.02. The standard InChI is InChI=1S/C16H15ClN2O3/c1-10-9-13(17)5-8-15(10)18-16(20)11(2)12-3-6-14(7-4-12)19(21)22/h3-9,11H,1-2H3,(H,18,20)/t11-/m0/s1. The first-order chi connectivity index (χ1) is 10.4. The van der Waals surface area contributed by atoms with Gasteiger partial charge in [-0.2, -0.15) is 0 Å². The van der Waals surface area contributed by atoms with Crippen LogP contribution in [0.3, 0.4) is 0 Å². The van der Waals surface area contributed by atoms with Gasteiger partial charge in [0.25, 0.3) is 5.69 Å². The van der Waals surface area contributed by atoms with E-state index in [1.807, 2.05) is 6.92 Å². The highest BCUT2D eigenvalue weighted by molar-refractivity contribution is 6.30. The molecular weight excluding hydrogens is 304 g/mol. The predicted octanol–water partition coefficient (Wildman–Crippen LogP) is 4.30. The number of hydrogen-bond donors (Lipinski definition) is 1. The zero-order valence-corrected chi connectivity index (χ0v) is 12.9. The lowest BCUT2D eigenvalue weighted by atomic mass is 10.00. The lowest BCUT2D eigenvalue weighted by Crippen LogP contribution is -2.19. The Kier molecular flexibility index (Phi) is 4.78. The van der Waals surface area contributed by atoms with Gasteiger partial charge in [-0.15, -0.1) is 0 Å². The van der Waals surface area contributed by atoms with E-state index in [-0.39, 0.29) is 11.6 Å². The van der Waals surface area contributed by atoms with E-state index in [1.165, 1.54) is 12.1 Å². The number of nitro groups is 1. The second-order valence-corrected chi connectivity index (χ2v) is 5.46. The maximum absolute atomic E-state index is 12.3. The van der Waals surface area contributed by atoms with Gasteiger partial charge >= 0.3 is 0 Å². The Morgan fingerprint density at radius 3 is 2.41 bits per heavy atom. The van der Waals surface area contributed by atoms with Crippen LogP contribution in [0.1, 0.15) is 24.0 Å². The molecule has 6 heteroatoms. The molecule has 0 aliphatic heterocycles. The molecule has 5 nitrogen and oxygen atoms in total. The summed E-state index contributed by atoms with van der Waals surface area (Å²) in [5.41, 5.74) is 2.29. The van der Waals surface area contributed by atoms with Gasteiger partial charge in [-0.3, -0.25) is 14.9 Å². The topological polar surface area (TPSA) is 72.2 Å². The summed E-state index contributed by atoms with van der Waals surface area (Å²) in [5, 5.41) is 14.1. The summed E-state index contributed by atoms with van der Waals surface area (Å²) >= 11 is 5.88. The van der Waals surface area contributed by atoms with E-state index < -0.39 is 10.8 Å². The van der Waals surface area contributed by atoms with Crippen molar-refractivity contribution < 1.29 is 9.72 Å². The van der Waals surface area contributed by atoms with Crippen molar-refractivity contribution in [3.63, 3.8) is 0 Å². The highest BCUT2D eigenvalue weighted by Gasteiger charge is 2.17. The van der Waals surface area contributed by atoms with E-state index in [0.29, 0.717) is 10.7 Å². The summed E-state index contributed by atoms with van der Waals surface area (Å²) in [7, 11) is 0. The molecule has 114 valence electrons. The predicted molar refractivity (Wildman–Crippen MR) is 86.3 cm³/mol. The van der Waals surface area contributed by atoms with Crippen LogP contribution in [0.15, 0.2) is 42.5 Å². The molecule has 1 amide bonds. The molecule has 0 aromatic heterocycles. The van der Waals surface area contributed by atoms with E-state index in [9.17, 15) is 14.9 Å². The van der Waals surface area contributed by atoms with Crippen molar-refractivity contribution in [1.82, 2.24) is 0 Å². The van der Waals surface area contributed by atoms with Crippen molar-refractivity contribution in [2.75, 3.05) is 5.32 Å². The summed E-state index contributed by atoms with van der Waals surface area (Å²) < 4.78 is 0. The molecule has 2 aromatic rings. The van der Waals surface area contributed by atoms with Crippen molar-refractivity contribution in [3.05, 3.63) is 68.7 Å². The SMILES string of the molecule is Cc1cc(Cl)ccc1NC(=O)[C@@H](C)c1ccc([N+](=O)[O-])cc1. The van der Waals surface area contributed by atoms with Gasteiger partial charge < -0.3 is 5.32 Å². The minimum atomic E-state index is -0.467. The summed E-state index contributed by atoms with van der Waals surface area (Å²) in [6, 6.07) is 11.2. The van der Waals surface area contributed by atoms with Crippen LogP contribution in [0.4, 0.5) is 11.4 Å². The fourth-order valence-corrected chi connectivity index (χ4v) is 2.27. The van der Waals surface area contributed by atoms with E-state index >= 15 is 0 Å². The Morgan fingerprint density at radius 1 is 1.23 bits per heavy atom. The number of carbonyl (C=O) groups excluding carboxylic acids is 1. The third-order valence-corrected chi connectivity index (χ3v) is 3.68. The van der Waals surface area contributed by atoms with Gasteiger partial charge in [-0.1, -0.05) is 23.7 Å². The summed E-state index contributed by atoms with van der Waals surface area (Å²) in [4.78, 5) is 22.5. The fraction of sp³-hybridized carbons (Fsp3) is 0.188. The van der Waals surface area contributed by atoms with Gasteiger partial charge in [0.15, 0.2) is 0 Å². The molecule has 0 unspecified atom stereocenters. The van der Waals surface area contributed by atoms with Crippen molar-refractivity contribution >= 4 is 28.9 Å². The first-order valence-electron chi connectivity index (χ1n) is 6.70. The molecule has 0 heterocycles. The molecule has 0 aliphatic rings. The minimum absolute atomic E-state index is 0.00454. The van der Waals surface area contributed by atoms with Crippen LogP contribution < -0.4 is 5.32 Å². The summed E-state index contributed by atoms with van der Waals surface area (Å²) in [5.74, 6) is -0.602. The number of anilines is 1. The number of non-ortho nitro benzene ring substituents is 1. The van der Waals surface area contributed by atoms with Crippen molar-refractivity contribution in [1.29, 1.82) is 0 Å². The molecule has 0 radical (unpaired) electrons. The molecule has 0 bridgehead atoms. The van der Waals surface area contributed by atoms with E-state index in [0.717, 1.165) is 11.1 Å². The minimum Gasteiger partial charge on any atom is -0.325 e. The molecular formula is C16H15ClN2O3. The van der Waals surface area contributed by atoms with Crippen LogP contribution in [0.5, 0.6) is 0 Å². The van der Waals surface area contributed by atoms with Crippen molar-refractivity contribution in [2.45, 2.75) is 19.8 Å². The molecule has 1 N–H and O–H groups in total. The molecule has 22 heavy (non-hydrogen) atoms. The Balaban J connectivity index is 2.13. The number of amides is 1. The van der Waals surface area contributed by atoms with Gasteiger partial charge in [0.05, 0.1) is 10.8 Å². The van der Waals surface area contributed by atoms with Crippen molar-refractivity contribution in [2.24, 2.45) is 0 Å². The normalized spacial score (nSPS) is 11.8. The zero-order valence-electron chi connectivity index (χ0n) is 12.2. The number of benzene rings is 2.